The molecule has 0 heterocycles. The van der Waals surface area contributed by atoms with Crippen molar-refractivity contribution < 1.29 is 9.90 Å². The molecular formula is C18H27NO2. The molecule has 0 bridgehead atoms. The highest BCUT2D eigenvalue weighted by Gasteiger charge is 2.39. The van der Waals surface area contributed by atoms with Crippen LogP contribution in [0.3, 0.4) is 0 Å². The summed E-state index contributed by atoms with van der Waals surface area (Å²) in [4.78, 5) is 12.8. The van der Waals surface area contributed by atoms with Gasteiger partial charge in [-0.25, -0.2) is 0 Å². The van der Waals surface area contributed by atoms with Gasteiger partial charge in [0, 0.05) is 13.2 Å². The van der Waals surface area contributed by atoms with Crippen molar-refractivity contribution in [2.75, 3.05) is 13.2 Å². The fraction of sp³-hybridized carbons (Fsp3) is 0.611. The Morgan fingerprint density at radius 2 is 2.10 bits per heavy atom. The molecule has 1 aliphatic rings. The summed E-state index contributed by atoms with van der Waals surface area (Å²) in [5.41, 5.74) is 1.98. The number of rotatable bonds is 5. The minimum absolute atomic E-state index is 0.0744. The van der Waals surface area contributed by atoms with Gasteiger partial charge >= 0.3 is 0 Å². The lowest BCUT2D eigenvalue weighted by Gasteiger charge is -2.36. The van der Waals surface area contributed by atoms with Crippen molar-refractivity contribution >= 4 is 5.91 Å². The third-order valence-corrected chi connectivity index (χ3v) is 4.75. The highest BCUT2D eigenvalue weighted by molar-refractivity contribution is 5.88. The van der Waals surface area contributed by atoms with Gasteiger partial charge < -0.3 is 10.4 Å². The Labute approximate surface area is 127 Å². The monoisotopic (exact) mass is 289 g/mol. The number of hydrogen-bond acceptors (Lipinski definition) is 2. The number of amides is 1. The average Bonchev–Trinajstić information content (AvgIpc) is 2.45. The van der Waals surface area contributed by atoms with Gasteiger partial charge in [-0.3, -0.25) is 4.79 Å². The predicted octanol–water partition coefficient (Wildman–Crippen LogP) is 2.81. The molecule has 0 spiro atoms. The molecule has 0 saturated heterocycles. The van der Waals surface area contributed by atoms with Crippen LogP contribution in [0.1, 0.15) is 51.2 Å². The summed E-state index contributed by atoms with van der Waals surface area (Å²) >= 11 is 0. The van der Waals surface area contributed by atoms with E-state index in [9.17, 15) is 4.79 Å². The molecule has 0 fully saturated rings. The maximum atomic E-state index is 12.8. The van der Waals surface area contributed by atoms with Crippen molar-refractivity contribution in [2.24, 2.45) is 5.41 Å². The number of nitrogens with one attached hydrogen (secondary N) is 1. The van der Waals surface area contributed by atoms with Gasteiger partial charge in [0.1, 0.15) is 0 Å². The summed E-state index contributed by atoms with van der Waals surface area (Å²) in [5, 5.41) is 12.2. The van der Waals surface area contributed by atoms with Crippen LogP contribution < -0.4 is 5.32 Å². The molecule has 3 heteroatoms. The minimum Gasteiger partial charge on any atom is -0.396 e. The highest BCUT2D eigenvalue weighted by atomic mass is 16.3. The largest absolute Gasteiger partial charge is 0.396 e. The molecule has 1 aromatic rings. The van der Waals surface area contributed by atoms with Crippen molar-refractivity contribution in [3.05, 3.63) is 35.4 Å². The molecule has 1 atom stereocenters. The van der Waals surface area contributed by atoms with E-state index in [2.05, 4.69) is 38.2 Å². The van der Waals surface area contributed by atoms with Crippen LogP contribution in [0, 0.1) is 5.41 Å². The van der Waals surface area contributed by atoms with E-state index in [0.29, 0.717) is 13.0 Å². The second kappa shape index (κ2) is 6.18. The van der Waals surface area contributed by atoms with Crippen LogP contribution in [0.5, 0.6) is 0 Å². The van der Waals surface area contributed by atoms with Gasteiger partial charge in [0.2, 0.25) is 5.91 Å². The Hall–Kier alpha value is -1.35. The van der Waals surface area contributed by atoms with E-state index in [4.69, 9.17) is 5.11 Å². The van der Waals surface area contributed by atoms with Crippen LogP contribution in [-0.4, -0.2) is 24.2 Å². The quantitative estimate of drug-likeness (QED) is 0.875. The van der Waals surface area contributed by atoms with E-state index >= 15 is 0 Å². The van der Waals surface area contributed by atoms with Gasteiger partial charge in [0.15, 0.2) is 0 Å². The lowest BCUT2D eigenvalue weighted by molar-refractivity contribution is -0.127. The van der Waals surface area contributed by atoms with E-state index in [0.717, 1.165) is 19.3 Å². The molecule has 1 unspecified atom stereocenters. The molecule has 3 nitrogen and oxygen atoms in total. The molecule has 2 rings (SSSR count). The van der Waals surface area contributed by atoms with Crippen molar-refractivity contribution in [1.29, 1.82) is 0 Å². The smallest absolute Gasteiger partial charge is 0.230 e. The minimum atomic E-state index is -0.426. The van der Waals surface area contributed by atoms with E-state index in [-0.39, 0.29) is 17.9 Å². The molecule has 21 heavy (non-hydrogen) atoms. The first-order valence-electron chi connectivity index (χ1n) is 7.87. The molecule has 116 valence electrons. The first kappa shape index (κ1) is 16.0. The van der Waals surface area contributed by atoms with E-state index in [1.165, 1.54) is 11.1 Å². The Bertz CT molecular complexity index is 510. The first-order valence-corrected chi connectivity index (χ1v) is 7.87. The van der Waals surface area contributed by atoms with Crippen LogP contribution in [0.25, 0.3) is 0 Å². The van der Waals surface area contributed by atoms with E-state index in [1.807, 2.05) is 12.1 Å². The van der Waals surface area contributed by atoms with Gasteiger partial charge in [-0.05, 0) is 49.1 Å². The van der Waals surface area contributed by atoms with Crippen LogP contribution in [0.15, 0.2) is 24.3 Å². The van der Waals surface area contributed by atoms with Crippen molar-refractivity contribution in [3.8, 4) is 0 Å². The summed E-state index contributed by atoms with van der Waals surface area (Å²) in [6, 6.07) is 8.29. The maximum absolute atomic E-state index is 12.8. The fourth-order valence-electron chi connectivity index (χ4n) is 3.19. The van der Waals surface area contributed by atoms with Gasteiger partial charge in [-0.1, -0.05) is 38.1 Å². The van der Waals surface area contributed by atoms with Crippen molar-refractivity contribution in [3.63, 3.8) is 0 Å². The fourth-order valence-corrected chi connectivity index (χ4v) is 3.19. The zero-order chi connectivity index (χ0) is 15.5. The van der Waals surface area contributed by atoms with Gasteiger partial charge in [-0.2, -0.15) is 0 Å². The Morgan fingerprint density at radius 3 is 2.81 bits per heavy atom. The Balaban J connectivity index is 2.12. The van der Waals surface area contributed by atoms with E-state index in [1.54, 1.807) is 0 Å². The number of fused-ring (bicyclic) bond motifs is 1. The van der Waals surface area contributed by atoms with E-state index < -0.39 is 5.41 Å². The lowest BCUT2D eigenvalue weighted by atomic mass is 9.70. The van der Waals surface area contributed by atoms with Crippen LogP contribution in [0.2, 0.25) is 0 Å². The summed E-state index contributed by atoms with van der Waals surface area (Å²) in [7, 11) is 0. The second-order valence-electron chi connectivity index (χ2n) is 7.16. The summed E-state index contributed by atoms with van der Waals surface area (Å²) in [6.07, 6.45) is 3.72. The zero-order valence-corrected chi connectivity index (χ0v) is 13.4. The number of carbonyl (C=O) groups excluding carboxylic acids is 1. The van der Waals surface area contributed by atoms with Crippen molar-refractivity contribution in [2.45, 2.75) is 51.9 Å². The highest BCUT2D eigenvalue weighted by Crippen LogP contribution is 2.37. The third-order valence-electron chi connectivity index (χ3n) is 4.75. The molecule has 1 amide bonds. The summed E-state index contributed by atoms with van der Waals surface area (Å²) in [5.74, 6) is 0.112. The topological polar surface area (TPSA) is 49.3 Å². The summed E-state index contributed by atoms with van der Waals surface area (Å²) < 4.78 is 0. The van der Waals surface area contributed by atoms with Gasteiger partial charge in [0.25, 0.3) is 0 Å². The summed E-state index contributed by atoms with van der Waals surface area (Å²) in [6.45, 7) is 6.95. The molecule has 0 aliphatic heterocycles. The Kier molecular flexibility index (Phi) is 4.72. The van der Waals surface area contributed by atoms with Crippen LogP contribution >= 0.6 is 0 Å². The number of carbonyl (C=O) groups is 1. The van der Waals surface area contributed by atoms with Gasteiger partial charge in [-0.15, -0.1) is 0 Å². The molecule has 1 aromatic carbocycles. The molecule has 0 saturated carbocycles. The zero-order valence-electron chi connectivity index (χ0n) is 13.4. The molecular weight excluding hydrogens is 262 g/mol. The third kappa shape index (κ3) is 3.46. The normalized spacial score (nSPS) is 21.7. The predicted molar refractivity (Wildman–Crippen MR) is 85.2 cm³/mol. The number of benzene rings is 1. The average molecular weight is 289 g/mol. The number of hydrogen-bond donors (Lipinski definition) is 2. The second-order valence-corrected chi connectivity index (χ2v) is 7.16. The molecule has 1 aliphatic carbocycles. The van der Waals surface area contributed by atoms with Crippen LogP contribution in [-0.2, 0) is 16.6 Å². The Morgan fingerprint density at radius 1 is 1.38 bits per heavy atom. The maximum Gasteiger partial charge on any atom is 0.230 e. The molecule has 0 aromatic heterocycles. The van der Waals surface area contributed by atoms with Gasteiger partial charge in [0.05, 0.1) is 5.41 Å². The van der Waals surface area contributed by atoms with Crippen LogP contribution in [0.4, 0.5) is 0 Å². The molecule has 2 N–H and O–H groups in total. The van der Waals surface area contributed by atoms with Crippen molar-refractivity contribution in [1.82, 2.24) is 5.32 Å². The lowest BCUT2D eigenvalue weighted by Crippen LogP contribution is -2.47. The first-order chi connectivity index (χ1) is 9.89. The molecule has 0 radical (unpaired) electrons. The number of aryl methyl sites for hydroxylation is 1. The SMILES string of the molecule is CC(C)(CCO)CNC(=O)C1(C)CCCc2ccccc21. The number of aliphatic hydroxyl groups excluding tert-OH is 1. The standard InChI is InChI=1S/C18H27NO2/c1-17(2,11-12-20)13-19-16(21)18(3)10-6-8-14-7-4-5-9-15(14)18/h4-5,7,9,20H,6,8,10-13H2,1-3H3,(H,19,21). The number of aliphatic hydroxyl groups is 1.